The van der Waals surface area contributed by atoms with Crippen LogP contribution in [0, 0.1) is 6.92 Å². The van der Waals surface area contributed by atoms with Crippen LogP contribution in [-0.4, -0.2) is 49.1 Å². The molecule has 2 aromatic rings. The van der Waals surface area contributed by atoms with Gasteiger partial charge in [0.05, 0.1) is 4.90 Å². The number of benzene rings is 1. The van der Waals surface area contributed by atoms with E-state index in [1.807, 2.05) is 19.1 Å². The molecule has 1 aliphatic heterocycles. The molecule has 0 bridgehead atoms. The van der Waals surface area contributed by atoms with E-state index in [-0.39, 0.29) is 0 Å². The molecule has 0 amide bonds. The summed E-state index contributed by atoms with van der Waals surface area (Å²) in [5.74, 6) is 0.361. The standard InChI is InChI=1S/C16H22N4O2S2/c1-12(2)15-17-18-16(23-15)19-8-10-20(11-9-19)24(21,22)14-6-4-13(3)5-7-14/h4-7,12H,8-11H2,1-3H3. The number of aryl methyl sites for hydroxylation is 1. The van der Waals surface area contributed by atoms with Crippen molar-refractivity contribution in [3.8, 4) is 0 Å². The highest BCUT2D eigenvalue weighted by molar-refractivity contribution is 7.89. The lowest BCUT2D eigenvalue weighted by molar-refractivity contribution is 0.384. The molecule has 0 saturated carbocycles. The molecule has 1 aliphatic rings. The molecule has 1 fully saturated rings. The molecule has 130 valence electrons. The first kappa shape index (κ1) is 17.3. The predicted octanol–water partition coefficient (Wildman–Crippen LogP) is 2.48. The van der Waals surface area contributed by atoms with Crippen molar-refractivity contribution in [2.45, 2.75) is 31.6 Å². The van der Waals surface area contributed by atoms with E-state index in [0.29, 0.717) is 37.0 Å². The van der Waals surface area contributed by atoms with Crippen LogP contribution >= 0.6 is 11.3 Å². The maximum absolute atomic E-state index is 12.7. The molecule has 0 aliphatic carbocycles. The van der Waals surface area contributed by atoms with Crippen molar-refractivity contribution in [1.82, 2.24) is 14.5 Å². The second kappa shape index (κ2) is 6.78. The average molecular weight is 367 g/mol. The van der Waals surface area contributed by atoms with Gasteiger partial charge < -0.3 is 4.90 Å². The van der Waals surface area contributed by atoms with Crippen LogP contribution in [0.2, 0.25) is 0 Å². The van der Waals surface area contributed by atoms with Crippen molar-refractivity contribution in [2.24, 2.45) is 0 Å². The van der Waals surface area contributed by atoms with E-state index < -0.39 is 10.0 Å². The lowest BCUT2D eigenvalue weighted by Gasteiger charge is -2.33. The van der Waals surface area contributed by atoms with Crippen LogP contribution in [0.1, 0.15) is 30.3 Å². The molecule has 0 N–H and O–H groups in total. The molecular weight excluding hydrogens is 344 g/mol. The minimum absolute atomic E-state index is 0.361. The van der Waals surface area contributed by atoms with Crippen molar-refractivity contribution >= 4 is 26.5 Å². The summed E-state index contributed by atoms with van der Waals surface area (Å²) in [6.07, 6.45) is 0. The molecule has 24 heavy (non-hydrogen) atoms. The van der Waals surface area contributed by atoms with E-state index in [1.165, 1.54) is 0 Å². The van der Waals surface area contributed by atoms with Gasteiger partial charge in [0.25, 0.3) is 0 Å². The van der Waals surface area contributed by atoms with Gasteiger partial charge in [0.1, 0.15) is 5.01 Å². The van der Waals surface area contributed by atoms with Gasteiger partial charge in [-0.25, -0.2) is 8.42 Å². The third kappa shape index (κ3) is 3.45. The summed E-state index contributed by atoms with van der Waals surface area (Å²) in [4.78, 5) is 2.48. The van der Waals surface area contributed by atoms with Gasteiger partial charge in [-0.05, 0) is 19.1 Å². The van der Waals surface area contributed by atoms with Crippen molar-refractivity contribution in [3.05, 3.63) is 34.8 Å². The second-order valence-corrected chi connectivity index (χ2v) is 9.21. The smallest absolute Gasteiger partial charge is 0.243 e. The predicted molar refractivity (Wildman–Crippen MR) is 96.1 cm³/mol. The van der Waals surface area contributed by atoms with E-state index in [2.05, 4.69) is 28.9 Å². The lowest BCUT2D eigenvalue weighted by Crippen LogP contribution is -2.48. The van der Waals surface area contributed by atoms with Crippen LogP contribution < -0.4 is 4.90 Å². The quantitative estimate of drug-likeness (QED) is 0.832. The Labute approximate surface area is 147 Å². The molecule has 1 saturated heterocycles. The van der Waals surface area contributed by atoms with E-state index in [0.717, 1.165) is 15.7 Å². The summed E-state index contributed by atoms with van der Waals surface area (Å²) in [5, 5.41) is 10.3. The van der Waals surface area contributed by atoms with E-state index in [9.17, 15) is 8.42 Å². The Morgan fingerprint density at radius 3 is 2.21 bits per heavy atom. The number of nitrogens with zero attached hydrogens (tertiary/aromatic N) is 4. The van der Waals surface area contributed by atoms with Crippen LogP contribution in [0.25, 0.3) is 0 Å². The van der Waals surface area contributed by atoms with Gasteiger partial charge in [-0.1, -0.05) is 42.9 Å². The molecule has 8 heteroatoms. The molecule has 3 rings (SSSR count). The summed E-state index contributed by atoms with van der Waals surface area (Å²) in [7, 11) is -3.42. The fourth-order valence-electron chi connectivity index (χ4n) is 2.57. The van der Waals surface area contributed by atoms with Gasteiger partial charge in [0.15, 0.2) is 0 Å². The number of anilines is 1. The summed E-state index contributed by atoms with van der Waals surface area (Å²) < 4.78 is 27.0. The number of sulfonamides is 1. The topological polar surface area (TPSA) is 66.4 Å². The molecule has 0 radical (unpaired) electrons. The van der Waals surface area contributed by atoms with Crippen LogP contribution in [-0.2, 0) is 10.0 Å². The Morgan fingerprint density at radius 1 is 1.04 bits per heavy atom. The summed E-state index contributed by atoms with van der Waals surface area (Å²) in [5.41, 5.74) is 1.05. The second-order valence-electron chi connectivity index (χ2n) is 6.28. The minimum atomic E-state index is -3.42. The van der Waals surface area contributed by atoms with E-state index in [1.54, 1.807) is 27.8 Å². The van der Waals surface area contributed by atoms with E-state index in [4.69, 9.17) is 0 Å². The van der Waals surface area contributed by atoms with Crippen molar-refractivity contribution in [3.63, 3.8) is 0 Å². The van der Waals surface area contributed by atoms with Crippen molar-refractivity contribution in [2.75, 3.05) is 31.1 Å². The maximum atomic E-state index is 12.7. The largest absolute Gasteiger partial charge is 0.344 e. The zero-order valence-electron chi connectivity index (χ0n) is 14.1. The molecule has 0 atom stereocenters. The van der Waals surface area contributed by atoms with Crippen molar-refractivity contribution < 1.29 is 8.42 Å². The zero-order chi connectivity index (χ0) is 17.3. The lowest BCUT2D eigenvalue weighted by atomic mass is 10.2. The molecule has 1 aromatic heterocycles. The SMILES string of the molecule is Cc1ccc(S(=O)(=O)N2CCN(c3nnc(C(C)C)s3)CC2)cc1. The van der Waals surface area contributed by atoms with Crippen LogP contribution in [0.4, 0.5) is 5.13 Å². The summed E-state index contributed by atoms with van der Waals surface area (Å²) >= 11 is 1.59. The van der Waals surface area contributed by atoms with Gasteiger partial charge in [0, 0.05) is 32.1 Å². The molecule has 6 nitrogen and oxygen atoms in total. The third-order valence-electron chi connectivity index (χ3n) is 4.09. The molecule has 2 heterocycles. The fraction of sp³-hybridized carbons (Fsp3) is 0.500. The van der Waals surface area contributed by atoms with E-state index >= 15 is 0 Å². The third-order valence-corrected chi connectivity index (χ3v) is 7.29. The van der Waals surface area contributed by atoms with Gasteiger partial charge in [0.2, 0.25) is 15.2 Å². The number of aromatic nitrogens is 2. The maximum Gasteiger partial charge on any atom is 0.243 e. The number of hydrogen-bond acceptors (Lipinski definition) is 6. The Hall–Kier alpha value is -1.51. The Bertz CT molecular complexity index is 792. The van der Waals surface area contributed by atoms with Gasteiger partial charge in [-0.3, -0.25) is 0 Å². The van der Waals surface area contributed by atoms with Crippen LogP contribution in [0.3, 0.4) is 0 Å². The average Bonchev–Trinajstić information content (AvgIpc) is 3.06. The number of hydrogen-bond donors (Lipinski definition) is 0. The Kier molecular flexibility index (Phi) is 4.89. The van der Waals surface area contributed by atoms with Gasteiger partial charge >= 0.3 is 0 Å². The molecule has 0 unspecified atom stereocenters. The fourth-order valence-corrected chi connectivity index (χ4v) is 4.89. The molecule has 0 spiro atoms. The number of piperazine rings is 1. The minimum Gasteiger partial charge on any atom is -0.344 e. The van der Waals surface area contributed by atoms with Gasteiger partial charge in [-0.2, -0.15) is 4.31 Å². The normalized spacial score (nSPS) is 16.8. The first-order valence-corrected chi connectivity index (χ1v) is 10.3. The van der Waals surface area contributed by atoms with Gasteiger partial charge in [-0.15, -0.1) is 10.2 Å². The number of rotatable bonds is 4. The highest BCUT2D eigenvalue weighted by Crippen LogP contribution is 2.27. The van der Waals surface area contributed by atoms with Crippen molar-refractivity contribution in [1.29, 1.82) is 0 Å². The first-order valence-electron chi connectivity index (χ1n) is 8.03. The van der Waals surface area contributed by atoms with Crippen LogP contribution in [0.5, 0.6) is 0 Å². The summed E-state index contributed by atoms with van der Waals surface area (Å²) in [6.45, 7) is 8.34. The Balaban J connectivity index is 1.68. The zero-order valence-corrected chi connectivity index (χ0v) is 15.8. The summed E-state index contributed by atoms with van der Waals surface area (Å²) in [6, 6.07) is 7.02. The Morgan fingerprint density at radius 2 is 1.67 bits per heavy atom. The highest BCUT2D eigenvalue weighted by atomic mass is 32.2. The first-order chi connectivity index (χ1) is 11.4. The molecular formula is C16H22N4O2S2. The highest BCUT2D eigenvalue weighted by Gasteiger charge is 2.29. The van der Waals surface area contributed by atoms with Crippen LogP contribution in [0.15, 0.2) is 29.2 Å². The molecule has 1 aromatic carbocycles. The monoisotopic (exact) mass is 366 g/mol.